The summed E-state index contributed by atoms with van der Waals surface area (Å²) >= 11 is 3.06. The van der Waals surface area contributed by atoms with Crippen molar-refractivity contribution >= 4 is 39.6 Å². The fraction of sp³-hybridized carbons (Fsp3) is 0.238. The van der Waals surface area contributed by atoms with E-state index in [0.29, 0.717) is 10.6 Å². The van der Waals surface area contributed by atoms with Crippen LogP contribution in [0.5, 0.6) is 5.75 Å². The highest BCUT2D eigenvalue weighted by Crippen LogP contribution is 2.41. The molecule has 142 valence electrons. The zero-order valence-corrected chi connectivity index (χ0v) is 16.6. The molecule has 5 nitrogen and oxygen atoms in total. The largest absolute Gasteiger partial charge is 0.422 e. The number of fused-ring (bicyclic) bond motifs is 3. The second-order valence-electron chi connectivity index (χ2n) is 6.90. The Morgan fingerprint density at radius 3 is 2.68 bits per heavy atom. The van der Waals surface area contributed by atoms with E-state index < -0.39 is 0 Å². The molecule has 2 aliphatic rings. The third kappa shape index (κ3) is 3.10. The second kappa shape index (κ2) is 7.07. The Bertz CT molecular complexity index is 1040. The summed E-state index contributed by atoms with van der Waals surface area (Å²) in [6.07, 6.45) is 4.12. The van der Waals surface area contributed by atoms with E-state index in [4.69, 9.17) is 4.74 Å². The topological polar surface area (TPSA) is 67.4 Å². The number of aryl methyl sites for hydroxylation is 1. The van der Waals surface area contributed by atoms with E-state index in [1.165, 1.54) is 28.2 Å². The number of nitrogens with one attached hydrogen (secondary N) is 2. The van der Waals surface area contributed by atoms with Crippen LogP contribution >= 0.6 is 22.7 Å². The number of amides is 1. The van der Waals surface area contributed by atoms with E-state index in [2.05, 4.69) is 10.6 Å². The number of carbonyl (C=O) groups excluding carboxylic acids is 2. The van der Waals surface area contributed by atoms with Gasteiger partial charge < -0.3 is 15.4 Å². The number of rotatable bonds is 3. The molecule has 0 bridgehead atoms. The molecule has 2 aromatic heterocycles. The van der Waals surface area contributed by atoms with Gasteiger partial charge in [-0.05, 0) is 60.4 Å². The van der Waals surface area contributed by atoms with Crippen LogP contribution in [0.4, 0.5) is 5.00 Å². The molecule has 0 spiro atoms. The van der Waals surface area contributed by atoms with Gasteiger partial charge in [-0.1, -0.05) is 18.2 Å². The summed E-state index contributed by atoms with van der Waals surface area (Å²) in [6, 6.07) is 10.8. The molecule has 0 saturated heterocycles. The number of hydrogen-bond donors (Lipinski definition) is 2. The van der Waals surface area contributed by atoms with Gasteiger partial charge in [0.2, 0.25) is 0 Å². The third-order valence-electron chi connectivity index (χ3n) is 5.10. The molecular weight excluding hydrogens is 392 g/mol. The SMILES string of the molecule is O=C(Oc1ccc([C@H]2NC(=O)c3c(sc4c3CCCC4)N2)cc1)c1cccs1. The lowest BCUT2D eigenvalue weighted by atomic mass is 9.94. The number of thiophene rings is 2. The zero-order valence-electron chi connectivity index (χ0n) is 15.0. The van der Waals surface area contributed by atoms with Crippen molar-refractivity contribution in [1.82, 2.24) is 5.32 Å². The first-order valence-electron chi connectivity index (χ1n) is 9.26. The normalized spacial score (nSPS) is 17.9. The smallest absolute Gasteiger partial charge is 0.353 e. The molecule has 3 heterocycles. The van der Waals surface area contributed by atoms with Gasteiger partial charge in [0.15, 0.2) is 0 Å². The van der Waals surface area contributed by atoms with Crippen molar-refractivity contribution in [3.63, 3.8) is 0 Å². The monoisotopic (exact) mass is 410 g/mol. The zero-order chi connectivity index (χ0) is 19.1. The van der Waals surface area contributed by atoms with Gasteiger partial charge in [-0.3, -0.25) is 4.79 Å². The Morgan fingerprint density at radius 2 is 1.89 bits per heavy atom. The van der Waals surface area contributed by atoms with Crippen LogP contribution in [0.25, 0.3) is 0 Å². The van der Waals surface area contributed by atoms with Crippen LogP contribution in [0.1, 0.15) is 55.0 Å². The minimum Gasteiger partial charge on any atom is -0.422 e. The lowest BCUT2D eigenvalue weighted by molar-refractivity contribution is 0.0739. The number of esters is 1. The number of hydrogen-bond acceptors (Lipinski definition) is 6. The summed E-state index contributed by atoms with van der Waals surface area (Å²) in [5.41, 5.74) is 2.98. The van der Waals surface area contributed by atoms with Crippen LogP contribution in [0.15, 0.2) is 41.8 Å². The quantitative estimate of drug-likeness (QED) is 0.482. The van der Waals surface area contributed by atoms with Crippen LogP contribution in [0.2, 0.25) is 0 Å². The summed E-state index contributed by atoms with van der Waals surface area (Å²) in [4.78, 5) is 26.7. The van der Waals surface area contributed by atoms with Crippen LogP contribution < -0.4 is 15.4 Å². The molecule has 3 aromatic rings. The van der Waals surface area contributed by atoms with Crippen LogP contribution in [0, 0.1) is 0 Å². The van der Waals surface area contributed by atoms with E-state index in [1.54, 1.807) is 29.5 Å². The third-order valence-corrected chi connectivity index (χ3v) is 7.17. The molecule has 0 fully saturated rings. The molecule has 0 unspecified atom stereocenters. The highest BCUT2D eigenvalue weighted by atomic mass is 32.1. The summed E-state index contributed by atoms with van der Waals surface area (Å²) in [5, 5.41) is 9.33. The lowest BCUT2D eigenvalue weighted by Gasteiger charge is -2.26. The van der Waals surface area contributed by atoms with Crippen molar-refractivity contribution in [3.05, 3.63) is 68.2 Å². The summed E-state index contributed by atoms with van der Waals surface area (Å²) < 4.78 is 5.40. The minimum atomic E-state index is -0.361. The Balaban J connectivity index is 1.34. The van der Waals surface area contributed by atoms with E-state index >= 15 is 0 Å². The molecule has 1 aromatic carbocycles. The number of benzene rings is 1. The van der Waals surface area contributed by atoms with Crippen molar-refractivity contribution in [2.75, 3.05) is 5.32 Å². The van der Waals surface area contributed by atoms with Gasteiger partial charge in [0.1, 0.15) is 21.8 Å². The molecule has 0 radical (unpaired) electrons. The van der Waals surface area contributed by atoms with Crippen LogP contribution in [0.3, 0.4) is 0 Å². The Morgan fingerprint density at radius 1 is 1.07 bits per heavy atom. The first kappa shape index (κ1) is 17.5. The number of anilines is 1. The van der Waals surface area contributed by atoms with E-state index in [9.17, 15) is 9.59 Å². The minimum absolute atomic E-state index is 0.00801. The van der Waals surface area contributed by atoms with E-state index in [-0.39, 0.29) is 18.0 Å². The fourth-order valence-corrected chi connectivity index (χ4v) is 5.64. The second-order valence-corrected chi connectivity index (χ2v) is 8.95. The predicted octanol–water partition coefficient (Wildman–Crippen LogP) is 4.76. The van der Waals surface area contributed by atoms with Crippen molar-refractivity contribution in [2.24, 2.45) is 0 Å². The van der Waals surface area contributed by atoms with Crippen molar-refractivity contribution in [1.29, 1.82) is 0 Å². The lowest BCUT2D eigenvalue weighted by Crippen LogP contribution is -2.38. The maximum atomic E-state index is 12.7. The molecule has 5 rings (SSSR count). The molecule has 1 amide bonds. The average molecular weight is 411 g/mol. The van der Waals surface area contributed by atoms with Gasteiger partial charge in [0.05, 0.1) is 5.56 Å². The molecule has 7 heteroatoms. The fourth-order valence-electron chi connectivity index (χ4n) is 3.73. The van der Waals surface area contributed by atoms with Gasteiger partial charge in [-0.15, -0.1) is 22.7 Å². The number of carbonyl (C=O) groups is 2. The van der Waals surface area contributed by atoms with Crippen LogP contribution in [-0.4, -0.2) is 11.9 Å². The van der Waals surface area contributed by atoms with Crippen molar-refractivity contribution < 1.29 is 14.3 Å². The molecular formula is C21H18N2O3S2. The maximum absolute atomic E-state index is 12.7. The maximum Gasteiger partial charge on any atom is 0.353 e. The Hall–Kier alpha value is -2.64. The molecule has 28 heavy (non-hydrogen) atoms. The van der Waals surface area contributed by atoms with E-state index in [1.807, 2.05) is 23.6 Å². The van der Waals surface area contributed by atoms with Crippen molar-refractivity contribution in [3.8, 4) is 5.75 Å². The summed E-state index contributed by atoms with van der Waals surface area (Å²) in [5.74, 6) is 0.114. The highest BCUT2D eigenvalue weighted by Gasteiger charge is 2.31. The molecule has 2 N–H and O–H groups in total. The highest BCUT2D eigenvalue weighted by molar-refractivity contribution is 7.16. The van der Waals surface area contributed by atoms with Gasteiger partial charge in [-0.2, -0.15) is 0 Å². The van der Waals surface area contributed by atoms with Gasteiger partial charge in [0, 0.05) is 4.88 Å². The number of ether oxygens (including phenoxy) is 1. The molecule has 1 atom stereocenters. The average Bonchev–Trinajstić information content (AvgIpc) is 3.36. The van der Waals surface area contributed by atoms with Gasteiger partial charge in [0.25, 0.3) is 5.91 Å². The van der Waals surface area contributed by atoms with Gasteiger partial charge in [-0.25, -0.2) is 4.79 Å². The standard InChI is InChI=1S/C21H18N2O3S2/c24-19-17-14-4-1-2-5-15(14)28-20(17)23-18(22-19)12-7-9-13(10-8-12)26-21(25)16-6-3-11-27-16/h3,6-11,18,23H,1-2,4-5H2,(H,22,24)/t18-/m0/s1. The summed E-state index contributed by atoms with van der Waals surface area (Å²) in [6.45, 7) is 0. The first-order chi connectivity index (χ1) is 13.7. The Labute approximate surface area is 170 Å². The summed E-state index contributed by atoms with van der Waals surface area (Å²) in [7, 11) is 0. The first-order valence-corrected chi connectivity index (χ1v) is 11.0. The predicted molar refractivity (Wildman–Crippen MR) is 111 cm³/mol. The Kier molecular flexibility index (Phi) is 4.41. The molecule has 0 saturated carbocycles. The van der Waals surface area contributed by atoms with Crippen LogP contribution in [-0.2, 0) is 12.8 Å². The molecule has 1 aliphatic heterocycles. The molecule has 1 aliphatic carbocycles. The van der Waals surface area contributed by atoms with E-state index in [0.717, 1.165) is 35.4 Å². The van der Waals surface area contributed by atoms with Gasteiger partial charge >= 0.3 is 5.97 Å². The van der Waals surface area contributed by atoms with Crippen molar-refractivity contribution in [2.45, 2.75) is 31.8 Å².